The molecule has 1 aliphatic heterocycles. The van der Waals surface area contributed by atoms with Crippen molar-refractivity contribution in [3.63, 3.8) is 0 Å². The van der Waals surface area contributed by atoms with Crippen molar-refractivity contribution in [3.05, 3.63) is 65.2 Å². The van der Waals surface area contributed by atoms with E-state index in [1.54, 1.807) is 24.3 Å². The summed E-state index contributed by atoms with van der Waals surface area (Å²) in [7, 11) is 0. The maximum absolute atomic E-state index is 12.3. The number of nitrogens with zero attached hydrogens (tertiary/aromatic N) is 1. The Hall–Kier alpha value is -1.59. The number of carbonyl (C=O) groups is 1. The monoisotopic (exact) mass is 379 g/mol. The average molecular weight is 380 g/mol. The highest BCUT2D eigenvalue weighted by atomic mass is 35.5. The van der Waals surface area contributed by atoms with Gasteiger partial charge in [-0.1, -0.05) is 41.9 Å². The summed E-state index contributed by atoms with van der Waals surface area (Å²) in [5.41, 5.74) is 8.01. The molecule has 6 heteroatoms. The Morgan fingerprint density at radius 3 is 2.44 bits per heavy atom. The summed E-state index contributed by atoms with van der Waals surface area (Å²) in [6.07, 6.45) is 0. The van der Waals surface area contributed by atoms with Crippen molar-refractivity contribution in [1.29, 1.82) is 0 Å². The van der Waals surface area contributed by atoms with Crippen molar-refractivity contribution >= 4 is 35.6 Å². The quantitative estimate of drug-likeness (QED) is 0.836. The number of halogens is 2. The molecule has 3 rings (SSSR count). The van der Waals surface area contributed by atoms with Gasteiger partial charge in [0.1, 0.15) is 0 Å². The van der Waals surface area contributed by atoms with Crippen LogP contribution in [0.25, 0.3) is 0 Å². The number of nitrogens with one attached hydrogen (secondary N) is 1. The number of benzene rings is 2. The zero-order chi connectivity index (χ0) is 16.9. The highest BCUT2D eigenvalue weighted by Gasteiger charge is 2.33. The first-order chi connectivity index (χ1) is 11.7. The van der Waals surface area contributed by atoms with E-state index in [2.05, 4.69) is 34.5 Å². The van der Waals surface area contributed by atoms with E-state index < -0.39 is 0 Å². The van der Waals surface area contributed by atoms with E-state index in [1.165, 1.54) is 5.56 Å². The van der Waals surface area contributed by atoms with Gasteiger partial charge in [-0.2, -0.15) is 0 Å². The Morgan fingerprint density at radius 1 is 1.12 bits per heavy atom. The molecule has 1 aliphatic rings. The molecule has 1 fully saturated rings. The first kappa shape index (κ1) is 19.7. The number of rotatable bonds is 5. The second kappa shape index (κ2) is 9.20. The van der Waals surface area contributed by atoms with Gasteiger partial charge >= 0.3 is 0 Å². The van der Waals surface area contributed by atoms with Crippen LogP contribution in [0.5, 0.6) is 0 Å². The standard InChI is InChI=1S/C19H22ClN3O.ClH/c20-16-6-8-17(9-7-16)22-19(24)13-23-11-15(10-21)18(12-23)14-4-2-1-3-5-14;/h1-9,15,18H,10-13,21H2,(H,22,24);1H/t15-,18+;/m1./s1. The van der Waals surface area contributed by atoms with E-state index in [9.17, 15) is 4.79 Å². The third-order valence-electron chi connectivity index (χ3n) is 4.54. The largest absolute Gasteiger partial charge is 0.330 e. The molecule has 0 saturated carbocycles. The molecule has 0 aliphatic carbocycles. The molecule has 25 heavy (non-hydrogen) atoms. The van der Waals surface area contributed by atoms with Crippen LogP contribution < -0.4 is 11.1 Å². The minimum Gasteiger partial charge on any atom is -0.330 e. The first-order valence-corrected chi connectivity index (χ1v) is 8.56. The molecule has 0 radical (unpaired) electrons. The fourth-order valence-corrected chi connectivity index (χ4v) is 3.47. The molecule has 0 aromatic heterocycles. The van der Waals surface area contributed by atoms with Gasteiger partial charge in [0.25, 0.3) is 0 Å². The Balaban J connectivity index is 0.00000225. The predicted octanol–water partition coefficient (Wildman–Crippen LogP) is 3.37. The van der Waals surface area contributed by atoms with Crippen LogP contribution in [0.2, 0.25) is 5.02 Å². The number of amides is 1. The lowest BCUT2D eigenvalue weighted by Gasteiger charge is -2.16. The molecule has 1 amide bonds. The number of likely N-dealkylation sites (tertiary alicyclic amines) is 1. The molecule has 2 aromatic carbocycles. The van der Waals surface area contributed by atoms with Gasteiger partial charge in [0.15, 0.2) is 0 Å². The Labute approximate surface area is 159 Å². The molecule has 4 nitrogen and oxygen atoms in total. The highest BCUT2D eigenvalue weighted by molar-refractivity contribution is 6.30. The fraction of sp³-hybridized carbons (Fsp3) is 0.316. The highest BCUT2D eigenvalue weighted by Crippen LogP contribution is 2.31. The molecule has 134 valence electrons. The van der Waals surface area contributed by atoms with E-state index in [1.807, 2.05) is 6.07 Å². The van der Waals surface area contributed by atoms with Crippen molar-refractivity contribution in [2.24, 2.45) is 11.7 Å². The zero-order valence-electron chi connectivity index (χ0n) is 13.9. The fourth-order valence-electron chi connectivity index (χ4n) is 3.34. The van der Waals surface area contributed by atoms with Gasteiger partial charge in [0.05, 0.1) is 6.54 Å². The number of anilines is 1. The lowest BCUT2D eigenvalue weighted by atomic mass is 9.89. The minimum atomic E-state index is -0.0122. The molecule has 2 aromatic rings. The summed E-state index contributed by atoms with van der Waals surface area (Å²) in [6, 6.07) is 17.6. The van der Waals surface area contributed by atoms with Gasteiger partial charge in [0.2, 0.25) is 5.91 Å². The van der Waals surface area contributed by atoms with Crippen molar-refractivity contribution in [2.45, 2.75) is 5.92 Å². The van der Waals surface area contributed by atoms with Crippen molar-refractivity contribution in [1.82, 2.24) is 4.90 Å². The third-order valence-corrected chi connectivity index (χ3v) is 4.79. The molecule has 1 heterocycles. The predicted molar refractivity (Wildman–Crippen MR) is 105 cm³/mol. The Morgan fingerprint density at radius 2 is 1.80 bits per heavy atom. The van der Waals surface area contributed by atoms with Crippen LogP contribution in [0.1, 0.15) is 11.5 Å². The van der Waals surface area contributed by atoms with Crippen LogP contribution in [0, 0.1) is 5.92 Å². The lowest BCUT2D eigenvalue weighted by molar-refractivity contribution is -0.117. The molecule has 0 unspecified atom stereocenters. The molecule has 3 N–H and O–H groups in total. The summed E-state index contributed by atoms with van der Waals surface area (Å²) >= 11 is 5.86. The van der Waals surface area contributed by atoms with Crippen molar-refractivity contribution in [2.75, 3.05) is 31.5 Å². The topological polar surface area (TPSA) is 58.4 Å². The smallest absolute Gasteiger partial charge is 0.238 e. The normalized spacial score (nSPS) is 20.1. The number of hydrogen-bond donors (Lipinski definition) is 2. The molecule has 0 bridgehead atoms. The Kier molecular flexibility index (Phi) is 7.26. The van der Waals surface area contributed by atoms with Gasteiger partial charge < -0.3 is 11.1 Å². The van der Waals surface area contributed by atoms with Crippen LogP contribution in [0.4, 0.5) is 5.69 Å². The molecule has 2 atom stereocenters. The third kappa shape index (κ3) is 5.19. The molecule has 0 spiro atoms. The Bertz CT molecular complexity index is 679. The van der Waals surface area contributed by atoms with Crippen LogP contribution in [-0.2, 0) is 4.79 Å². The van der Waals surface area contributed by atoms with Crippen molar-refractivity contribution < 1.29 is 4.79 Å². The molecular formula is C19H23Cl2N3O. The van der Waals surface area contributed by atoms with Gasteiger partial charge in [-0.15, -0.1) is 12.4 Å². The first-order valence-electron chi connectivity index (χ1n) is 8.18. The summed E-state index contributed by atoms with van der Waals surface area (Å²) in [5.74, 6) is 0.761. The molecular weight excluding hydrogens is 357 g/mol. The van der Waals surface area contributed by atoms with E-state index in [4.69, 9.17) is 17.3 Å². The maximum Gasteiger partial charge on any atom is 0.238 e. The maximum atomic E-state index is 12.3. The zero-order valence-corrected chi connectivity index (χ0v) is 15.5. The number of nitrogens with two attached hydrogens (primary N) is 1. The van der Waals surface area contributed by atoms with Crippen LogP contribution in [-0.4, -0.2) is 37.0 Å². The van der Waals surface area contributed by atoms with Gasteiger partial charge in [-0.3, -0.25) is 9.69 Å². The SMILES string of the molecule is Cl.NC[C@@H]1CN(CC(=O)Nc2ccc(Cl)cc2)C[C@H]1c1ccccc1. The summed E-state index contributed by atoms with van der Waals surface area (Å²) < 4.78 is 0. The summed E-state index contributed by atoms with van der Waals surface area (Å²) in [5, 5.41) is 3.57. The van der Waals surface area contributed by atoms with E-state index in [-0.39, 0.29) is 18.3 Å². The number of hydrogen-bond acceptors (Lipinski definition) is 3. The summed E-state index contributed by atoms with van der Waals surface area (Å²) in [4.78, 5) is 14.5. The van der Waals surface area contributed by atoms with E-state index >= 15 is 0 Å². The number of carbonyl (C=O) groups excluding carboxylic acids is 1. The molecule has 1 saturated heterocycles. The van der Waals surface area contributed by atoms with Crippen LogP contribution in [0.15, 0.2) is 54.6 Å². The van der Waals surface area contributed by atoms with E-state index in [0.717, 1.165) is 18.8 Å². The van der Waals surface area contributed by atoms with Gasteiger partial charge in [0, 0.05) is 29.7 Å². The average Bonchev–Trinajstić information content (AvgIpc) is 3.00. The second-order valence-electron chi connectivity index (χ2n) is 6.26. The van der Waals surface area contributed by atoms with Crippen LogP contribution in [0.3, 0.4) is 0 Å². The van der Waals surface area contributed by atoms with Crippen molar-refractivity contribution in [3.8, 4) is 0 Å². The second-order valence-corrected chi connectivity index (χ2v) is 6.70. The lowest BCUT2D eigenvalue weighted by Crippen LogP contribution is -2.32. The van der Waals surface area contributed by atoms with Gasteiger partial charge in [-0.25, -0.2) is 0 Å². The minimum absolute atomic E-state index is 0. The summed E-state index contributed by atoms with van der Waals surface area (Å²) in [6.45, 7) is 2.72. The van der Waals surface area contributed by atoms with Gasteiger partial charge in [-0.05, 0) is 42.3 Å². The van der Waals surface area contributed by atoms with Crippen LogP contribution >= 0.6 is 24.0 Å². The van der Waals surface area contributed by atoms with E-state index in [0.29, 0.717) is 29.9 Å².